The summed E-state index contributed by atoms with van der Waals surface area (Å²) in [6, 6.07) is 5.99. The van der Waals surface area contributed by atoms with E-state index < -0.39 is 15.4 Å². The van der Waals surface area contributed by atoms with E-state index in [2.05, 4.69) is 20.8 Å². The van der Waals surface area contributed by atoms with Gasteiger partial charge in [0.05, 0.1) is 28.5 Å². The molecule has 2 aromatic rings. The predicted molar refractivity (Wildman–Crippen MR) is 99.2 cm³/mol. The summed E-state index contributed by atoms with van der Waals surface area (Å²) in [5, 5.41) is 15.1. The lowest BCUT2D eigenvalue weighted by atomic mass is 10.0. The van der Waals surface area contributed by atoms with E-state index in [0.717, 1.165) is 16.8 Å². The van der Waals surface area contributed by atoms with E-state index in [1.807, 2.05) is 32.0 Å². The Kier molecular flexibility index (Phi) is 5.07. The third kappa shape index (κ3) is 4.24. The van der Waals surface area contributed by atoms with E-state index in [0.29, 0.717) is 11.6 Å². The molecule has 2 heterocycles. The summed E-state index contributed by atoms with van der Waals surface area (Å²) in [6.45, 7) is 5.73. The molecule has 1 aromatic heterocycles. The largest absolute Gasteiger partial charge is 0.349 e. The second kappa shape index (κ2) is 6.99. The fraction of sp³-hybridized carbons (Fsp3) is 0.500. The van der Waals surface area contributed by atoms with Crippen molar-refractivity contribution < 1.29 is 13.2 Å². The normalized spacial score (nSPS) is 21.7. The van der Waals surface area contributed by atoms with Crippen molar-refractivity contribution in [2.75, 3.05) is 17.3 Å². The highest BCUT2D eigenvalue weighted by molar-refractivity contribution is 7.99. The van der Waals surface area contributed by atoms with Crippen LogP contribution in [-0.2, 0) is 14.6 Å². The highest BCUT2D eigenvalue weighted by atomic mass is 32.2. The second-order valence-electron chi connectivity index (χ2n) is 6.90. The molecule has 0 aliphatic carbocycles. The first-order valence-electron chi connectivity index (χ1n) is 8.18. The van der Waals surface area contributed by atoms with Crippen molar-refractivity contribution in [3.8, 4) is 5.69 Å². The van der Waals surface area contributed by atoms with E-state index in [1.165, 1.54) is 11.8 Å². The Labute approximate surface area is 156 Å². The molecule has 1 saturated heterocycles. The molecule has 26 heavy (non-hydrogen) atoms. The van der Waals surface area contributed by atoms with Crippen molar-refractivity contribution in [1.29, 1.82) is 0 Å². The first-order valence-corrected chi connectivity index (χ1v) is 11.0. The van der Waals surface area contributed by atoms with Crippen LogP contribution in [0.2, 0.25) is 0 Å². The molecular weight excluding hydrogens is 374 g/mol. The summed E-state index contributed by atoms with van der Waals surface area (Å²) in [5.41, 5.74) is 2.28. The van der Waals surface area contributed by atoms with Crippen LogP contribution in [0.1, 0.15) is 24.5 Å². The number of carbonyl (C=O) groups is 1. The summed E-state index contributed by atoms with van der Waals surface area (Å²) >= 11 is 1.22. The molecule has 0 saturated carbocycles. The molecule has 0 unspecified atom stereocenters. The van der Waals surface area contributed by atoms with Crippen molar-refractivity contribution in [3.05, 3.63) is 29.3 Å². The summed E-state index contributed by atoms with van der Waals surface area (Å²) in [7, 11) is -3.07. The minimum absolute atomic E-state index is 0.0172. The van der Waals surface area contributed by atoms with Crippen LogP contribution >= 0.6 is 11.8 Å². The third-order valence-electron chi connectivity index (χ3n) is 4.31. The van der Waals surface area contributed by atoms with Gasteiger partial charge in [0.25, 0.3) is 0 Å². The molecule has 1 N–H and O–H groups in total. The first kappa shape index (κ1) is 18.8. The van der Waals surface area contributed by atoms with Crippen molar-refractivity contribution in [1.82, 2.24) is 25.5 Å². The fourth-order valence-corrected chi connectivity index (χ4v) is 5.76. The summed E-state index contributed by atoms with van der Waals surface area (Å²) in [5.74, 6) is -0.0237. The van der Waals surface area contributed by atoms with E-state index in [4.69, 9.17) is 0 Å². The molecule has 1 aliphatic heterocycles. The molecular formula is C16H21N5O3S2. The highest BCUT2D eigenvalue weighted by Crippen LogP contribution is 2.24. The number of nitrogens with one attached hydrogen (secondary N) is 1. The van der Waals surface area contributed by atoms with Gasteiger partial charge in [0, 0.05) is 0 Å². The van der Waals surface area contributed by atoms with Crippen LogP contribution in [0.3, 0.4) is 0 Å². The van der Waals surface area contributed by atoms with Crippen molar-refractivity contribution in [2.24, 2.45) is 0 Å². The number of carbonyl (C=O) groups excluding carboxylic acids is 1. The summed E-state index contributed by atoms with van der Waals surface area (Å²) < 4.78 is 24.9. The SMILES string of the molecule is Cc1ccc(C)c(-n2nnnc2SCC(=O)N[C@@]2(C)CCS(=O)(=O)C2)c1. The molecule has 1 aromatic carbocycles. The van der Waals surface area contributed by atoms with Gasteiger partial charge in [0.2, 0.25) is 11.1 Å². The van der Waals surface area contributed by atoms with Crippen molar-refractivity contribution >= 4 is 27.5 Å². The standard InChI is InChI=1S/C16H21N5O3S2/c1-11-4-5-12(2)13(8-11)21-15(18-19-20-21)25-9-14(22)17-16(3)6-7-26(23,24)10-16/h4-5,8H,6-7,9-10H2,1-3H3,(H,17,22)/t16-/m0/s1. The quantitative estimate of drug-likeness (QED) is 0.755. The number of hydrogen-bond acceptors (Lipinski definition) is 7. The molecule has 3 rings (SSSR count). The Balaban J connectivity index is 1.67. The van der Waals surface area contributed by atoms with Gasteiger partial charge in [-0.1, -0.05) is 23.9 Å². The van der Waals surface area contributed by atoms with Crippen LogP contribution in [0.25, 0.3) is 5.69 Å². The Hall–Kier alpha value is -1.94. The molecule has 0 spiro atoms. The van der Waals surface area contributed by atoms with Crippen LogP contribution in [-0.4, -0.2) is 57.3 Å². The highest BCUT2D eigenvalue weighted by Gasteiger charge is 2.39. The predicted octanol–water partition coefficient (Wildman–Crippen LogP) is 1.06. The molecule has 1 amide bonds. The molecule has 1 atom stereocenters. The van der Waals surface area contributed by atoms with E-state index >= 15 is 0 Å². The number of rotatable bonds is 5. The average Bonchev–Trinajstić information content (AvgIpc) is 3.11. The summed E-state index contributed by atoms with van der Waals surface area (Å²) in [4.78, 5) is 12.3. The maximum absolute atomic E-state index is 12.3. The van der Waals surface area contributed by atoms with Crippen LogP contribution in [0.4, 0.5) is 0 Å². The van der Waals surface area contributed by atoms with Gasteiger partial charge in [-0.25, -0.2) is 8.42 Å². The maximum Gasteiger partial charge on any atom is 0.230 e. The van der Waals surface area contributed by atoms with Gasteiger partial charge in [-0.05, 0) is 54.8 Å². The van der Waals surface area contributed by atoms with E-state index in [1.54, 1.807) is 11.6 Å². The number of sulfone groups is 1. The van der Waals surface area contributed by atoms with Gasteiger partial charge in [-0.3, -0.25) is 4.79 Å². The minimum atomic E-state index is -3.07. The number of aromatic nitrogens is 4. The van der Waals surface area contributed by atoms with E-state index in [9.17, 15) is 13.2 Å². The van der Waals surface area contributed by atoms with Gasteiger partial charge in [0.15, 0.2) is 9.84 Å². The third-order valence-corrected chi connectivity index (χ3v) is 7.13. The first-order chi connectivity index (χ1) is 12.2. The molecule has 8 nitrogen and oxygen atoms in total. The van der Waals surface area contributed by atoms with Gasteiger partial charge in [-0.15, -0.1) is 5.10 Å². The average molecular weight is 396 g/mol. The molecule has 0 radical (unpaired) electrons. The van der Waals surface area contributed by atoms with Crippen LogP contribution < -0.4 is 5.32 Å². The van der Waals surface area contributed by atoms with Gasteiger partial charge >= 0.3 is 0 Å². The summed E-state index contributed by atoms with van der Waals surface area (Å²) in [6.07, 6.45) is 0.436. The number of aryl methyl sites for hydroxylation is 2. The van der Waals surface area contributed by atoms with Gasteiger partial charge in [-0.2, -0.15) is 4.68 Å². The number of nitrogens with zero attached hydrogens (tertiary/aromatic N) is 4. The lowest BCUT2D eigenvalue weighted by molar-refractivity contribution is -0.120. The Morgan fingerprint density at radius 3 is 2.85 bits per heavy atom. The fourth-order valence-electron chi connectivity index (χ4n) is 2.98. The zero-order valence-electron chi connectivity index (χ0n) is 14.9. The lowest BCUT2D eigenvalue weighted by Crippen LogP contribution is -2.47. The molecule has 1 fully saturated rings. The van der Waals surface area contributed by atoms with Crippen molar-refractivity contribution in [2.45, 2.75) is 37.9 Å². The maximum atomic E-state index is 12.3. The smallest absolute Gasteiger partial charge is 0.230 e. The number of amides is 1. The second-order valence-corrected chi connectivity index (χ2v) is 10.0. The van der Waals surface area contributed by atoms with E-state index in [-0.39, 0.29) is 23.2 Å². The lowest BCUT2D eigenvalue weighted by Gasteiger charge is -2.23. The molecule has 0 bridgehead atoms. The molecule has 140 valence electrons. The zero-order valence-corrected chi connectivity index (χ0v) is 16.5. The minimum Gasteiger partial charge on any atom is -0.349 e. The van der Waals surface area contributed by atoms with Crippen LogP contribution in [0.15, 0.2) is 23.4 Å². The Morgan fingerprint density at radius 1 is 1.38 bits per heavy atom. The van der Waals surface area contributed by atoms with Crippen LogP contribution in [0.5, 0.6) is 0 Å². The monoisotopic (exact) mass is 395 g/mol. The van der Waals surface area contributed by atoms with Crippen molar-refractivity contribution in [3.63, 3.8) is 0 Å². The number of hydrogen-bond donors (Lipinski definition) is 1. The van der Waals surface area contributed by atoms with Gasteiger partial charge < -0.3 is 5.32 Å². The Bertz CT molecular complexity index is 941. The zero-order chi connectivity index (χ0) is 18.9. The topological polar surface area (TPSA) is 107 Å². The van der Waals surface area contributed by atoms with Crippen LogP contribution in [0, 0.1) is 13.8 Å². The number of tetrazole rings is 1. The number of benzene rings is 1. The van der Waals surface area contributed by atoms with Gasteiger partial charge in [0.1, 0.15) is 0 Å². The molecule has 1 aliphatic rings. The molecule has 10 heteroatoms. The Morgan fingerprint density at radius 2 is 2.15 bits per heavy atom. The number of thioether (sulfide) groups is 1.